The van der Waals surface area contributed by atoms with Crippen LogP contribution in [0.25, 0.3) is 0 Å². The summed E-state index contributed by atoms with van der Waals surface area (Å²) < 4.78 is 6.47. The van der Waals surface area contributed by atoms with E-state index in [2.05, 4.69) is 21.9 Å². The fourth-order valence-corrected chi connectivity index (χ4v) is 2.82. The molecule has 0 aromatic carbocycles. The van der Waals surface area contributed by atoms with Gasteiger partial charge in [-0.25, -0.2) is 4.68 Å². The Balaban J connectivity index is 1.99. The molecule has 126 valence electrons. The number of aliphatic hydroxyl groups excluding tert-OH is 3. The summed E-state index contributed by atoms with van der Waals surface area (Å²) in [6.07, 6.45) is -4.81. The highest BCUT2D eigenvalue weighted by molar-refractivity contribution is 7.08. The van der Waals surface area contributed by atoms with E-state index in [4.69, 9.17) is 15.6 Å². The summed E-state index contributed by atoms with van der Waals surface area (Å²) in [4.78, 5) is 15.3. The Morgan fingerprint density at radius 1 is 1.42 bits per heavy atom. The monoisotopic (exact) mass is 350 g/mol. The smallest absolute Gasteiger partial charge is 0.288 e. The van der Waals surface area contributed by atoms with Gasteiger partial charge in [-0.05, 0) is 17.4 Å². The minimum atomic E-state index is -1.37. The van der Waals surface area contributed by atoms with Crippen LogP contribution in [-0.4, -0.2) is 60.9 Å². The number of nitrogens with zero attached hydrogens (tertiary/aromatic N) is 3. The van der Waals surface area contributed by atoms with Crippen molar-refractivity contribution in [1.29, 1.82) is 0 Å². The van der Waals surface area contributed by atoms with E-state index in [1.54, 1.807) is 6.07 Å². The molecule has 5 N–H and O–H groups in total. The number of hydrogen-bond donors (Lipinski definition) is 4. The predicted molar refractivity (Wildman–Crippen MR) is 81.8 cm³/mol. The van der Waals surface area contributed by atoms with Crippen molar-refractivity contribution in [2.45, 2.75) is 24.5 Å². The summed E-state index contributed by atoms with van der Waals surface area (Å²) in [5.74, 6) is 4.48. The minimum absolute atomic E-state index is 0.0461. The molecule has 3 rings (SSSR count). The van der Waals surface area contributed by atoms with E-state index >= 15 is 0 Å². The standard InChI is InChI=1S/C14H14N4O5S/c15-12(22)13-16-9(2-1-7-3-4-24-6-7)18(17-13)14-11(21)10(20)8(5-19)23-14/h3-4,6,8,10-11,14,19-21H,5H2,(H2,15,22)/t8?,10-,11-,14?/m0/s1. The van der Waals surface area contributed by atoms with Crippen molar-refractivity contribution in [3.8, 4) is 11.8 Å². The first kappa shape index (κ1) is 16.6. The van der Waals surface area contributed by atoms with E-state index in [0.29, 0.717) is 0 Å². The second kappa shape index (κ2) is 6.68. The quantitative estimate of drug-likeness (QED) is 0.491. The zero-order valence-corrected chi connectivity index (χ0v) is 13.1. The van der Waals surface area contributed by atoms with Gasteiger partial charge >= 0.3 is 0 Å². The van der Waals surface area contributed by atoms with Gasteiger partial charge < -0.3 is 25.8 Å². The Bertz CT molecular complexity index is 794. The minimum Gasteiger partial charge on any atom is -0.394 e. The molecule has 0 aliphatic carbocycles. The van der Waals surface area contributed by atoms with Gasteiger partial charge in [0.2, 0.25) is 11.6 Å². The van der Waals surface area contributed by atoms with Crippen molar-refractivity contribution in [3.63, 3.8) is 0 Å². The summed E-state index contributed by atoms with van der Waals surface area (Å²) in [5, 5.41) is 36.7. The molecular formula is C14H14N4O5S. The molecule has 1 amide bonds. The summed E-state index contributed by atoms with van der Waals surface area (Å²) in [5.41, 5.74) is 5.93. The molecule has 1 aliphatic heterocycles. The molecule has 0 bridgehead atoms. The molecule has 1 aliphatic rings. The van der Waals surface area contributed by atoms with Crippen LogP contribution in [0.1, 0.15) is 28.2 Å². The van der Waals surface area contributed by atoms with E-state index in [1.807, 2.05) is 10.8 Å². The van der Waals surface area contributed by atoms with Crippen molar-refractivity contribution in [2.24, 2.45) is 5.73 Å². The fourth-order valence-electron chi connectivity index (χ4n) is 2.24. The summed E-state index contributed by atoms with van der Waals surface area (Å²) in [6.45, 7) is -0.484. The number of amides is 1. The Morgan fingerprint density at radius 2 is 2.21 bits per heavy atom. The number of carbonyl (C=O) groups excluding carboxylic acids is 1. The highest BCUT2D eigenvalue weighted by Gasteiger charge is 2.44. The number of aromatic nitrogens is 3. The summed E-state index contributed by atoms with van der Waals surface area (Å²) in [6, 6.07) is 1.81. The van der Waals surface area contributed by atoms with E-state index in [9.17, 15) is 15.0 Å². The number of rotatable bonds is 3. The lowest BCUT2D eigenvalue weighted by Gasteiger charge is -2.15. The molecule has 24 heavy (non-hydrogen) atoms. The van der Waals surface area contributed by atoms with Crippen LogP contribution in [0.5, 0.6) is 0 Å². The predicted octanol–water partition coefficient (Wildman–Crippen LogP) is -1.55. The molecule has 2 aromatic heterocycles. The van der Waals surface area contributed by atoms with Crippen LogP contribution in [0.15, 0.2) is 16.8 Å². The number of carbonyl (C=O) groups is 1. The lowest BCUT2D eigenvalue weighted by molar-refractivity contribution is -0.0592. The summed E-state index contributed by atoms with van der Waals surface area (Å²) >= 11 is 1.47. The zero-order valence-electron chi connectivity index (χ0n) is 12.2. The van der Waals surface area contributed by atoms with Crippen LogP contribution in [0, 0.1) is 11.8 Å². The number of hydrogen-bond acceptors (Lipinski definition) is 8. The number of ether oxygens (including phenoxy) is 1. The maximum absolute atomic E-state index is 11.3. The van der Waals surface area contributed by atoms with Crippen molar-refractivity contribution >= 4 is 17.2 Å². The van der Waals surface area contributed by atoms with E-state index in [-0.39, 0.29) is 11.6 Å². The molecule has 2 unspecified atom stereocenters. The van der Waals surface area contributed by atoms with Gasteiger partial charge in [0.1, 0.15) is 18.3 Å². The van der Waals surface area contributed by atoms with Crippen molar-refractivity contribution in [1.82, 2.24) is 14.8 Å². The molecule has 1 saturated heterocycles. The van der Waals surface area contributed by atoms with Crippen molar-refractivity contribution in [2.75, 3.05) is 6.61 Å². The number of thiophene rings is 1. The Morgan fingerprint density at radius 3 is 2.79 bits per heavy atom. The van der Waals surface area contributed by atoms with E-state index in [0.717, 1.165) is 10.2 Å². The third-order valence-corrected chi connectivity index (χ3v) is 4.13. The van der Waals surface area contributed by atoms with Crippen LogP contribution < -0.4 is 5.73 Å². The first-order valence-corrected chi connectivity index (χ1v) is 7.88. The lowest BCUT2D eigenvalue weighted by Crippen LogP contribution is -2.33. The normalized spacial score (nSPS) is 26.1. The average molecular weight is 350 g/mol. The molecule has 0 saturated carbocycles. The third kappa shape index (κ3) is 3.03. The second-order valence-electron chi connectivity index (χ2n) is 5.06. The van der Waals surface area contributed by atoms with Crippen LogP contribution in [0.2, 0.25) is 0 Å². The lowest BCUT2D eigenvalue weighted by atomic mass is 10.1. The first-order chi connectivity index (χ1) is 11.5. The SMILES string of the molecule is NC(=O)c1nc(C#Cc2ccsc2)n(C2OC(CO)[C@H](O)[C@@H]2O)n1. The van der Waals surface area contributed by atoms with Crippen LogP contribution in [0.3, 0.4) is 0 Å². The van der Waals surface area contributed by atoms with Gasteiger partial charge in [0, 0.05) is 10.9 Å². The fraction of sp³-hybridized carbons (Fsp3) is 0.357. The van der Waals surface area contributed by atoms with Gasteiger partial charge in [0.05, 0.1) is 6.61 Å². The third-order valence-electron chi connectivity index (χ3n) is 3.45. The molecule has 10 heteroatoms. The van der Waals surface area contributed by atoms with Gasteiger partial charge in [-0.1, -0.05) is 5.92 Å². The molecule has 3 heterocycles. The molecule has 2 aromatic rings. The van der Waals surface area contributed by atoms with Crippen molar-refractivity contribution < 1.29 is 24.9 Å². The highest BCUT2D eigenvalue weighted by atomic mass is 32.1. The van der Waals surface area contributed by atoms with Gasteiger partial charge in [0.15, 0.2) is 6.23 Å². The molecular weight excluding hydrogens is 336 g/mol. The van der Waals surface area contributed by atoms with E-state index in [1.165, 1.54) is 11.3 Å². The second-order valence-corrected chi connectivity index (χ2v) is 5.84. The molecule has 1 fully saturated rings. The van der Waals surface area contributed by atoms with E-state index < -0.39 is 37.1 Å². The van der Waals surface area contributed by atoms with Gasteiger partial charge in [-0.2, -0.15) is 16.3 Å². The topological polar surface area (TPSA) is 144 Å². The van der Waals surface area contributed by atoms with Crippen LogP contribution in [0.4, 0.5) is 0 Å². The maximum atomic E-state index is 11.3. The molecule has 0 radical (unpaired) electrons. The first-order valence-electron chi connectivity index (χ1n) is 6.94. The maximum Gasteiger partial charge on any atom is 0.288 e. The Labute approximate surface area is 140 Å². The molecule has 9 nitrogen and oxygen atoms in total. The number of nitrogens with two attached hydrogens (primary N) is 1. The van der Waals surface area contributed by atoms with Gasteiger partial charge in [-0.3, -0.25) is 4.79 Å². The number of aliphatic hydroxyl groups is 3. The Kier molecular flexibility index (Phi) is 4.61. The Hall–Kier alpha value is -2.29. The summed E-state index contributed by atoms with van der Waals surface area (Å²) in [7, 11) is 0. The van der Waals surface area contributed by atoms with Crippen molar-refractivity contribution in [3.05, 3.63) is 34.0 Å². The van der Waals surface area contributed by atoms with Gasteiger partial charge in [-0.15, -0.1) is 5.10 Å². The largest absolute Gasteiger partial charge is 0.394 e. The zero-order chi connectivity index (χ0) is 17.3. The van der Waals surface area contributed by atoms with Crippen LogP contribution in [-0.2, 0) is 4.74 Å². The van der Waals surface area contributed by atoms with Gasteiger partial charge in [0.25, 0.3) is 5.91 Å². The molecule has 4 atom stereocenters. The highest BCUT2D eigenvalue weighted by Crippen LogP contribution is 2.29. The number of primary amides is 1. The average Bonchev–Trinajstić information content (AvgIpc) is 3.26. The molecule has 0 spiro atoms. The van der Waals surface area contributed by atoms with Crippen LogP contribution >= 0.6 is 11.3 Å².